The largest absolute Gasteiger partial charge is 0.394 e. The summed E-state index contributed by atoms with van der Waals surface area (Å²) in [7, 11) is 2.16. The molecule has 0 aromatic carbocycles. The van der Waals surface area contributed by atoms with Crippen LogP contribution in [0.5, 0.6) is 0 Å². The highest BCUT2D eigenvalue weighted by Gasteiger charge is 2.12. The Balaban J connectivity index is 2.57. The van der Waals surface area contributed by atoms with Gasteiger partial charge in [0.2, 0.25) is 0 Å². The maximum atomic E-state index is 6.08. The van der Waals surface area contributed by atoms with Crippen molar-refractivity contribution in [1.29, 1.82) is 0 Å². The van der Waals surface area contributed by atoms with Crippen molar-refractivity contribution in [3.63, 3.8) is 0 Å². The summed E-state index contributed by atoms with van der Waals surface area (Å²) in [6.07, 6.45) is 2.23. The third kappa shape index (κ3) is 4.13. The van der Waals surface area contributed by atoms with E-state index in [0.717, 1.165) is 43.3 Å². The number of hydrogen-bond donors (Lipinski definition) is 2. The van der Waals surface area contributed by atoms with E-state index in [4.69, 9.17) is 5.73 Å². The Morgan fingerprint density at radius 3 is 2.68 bits per heavy atom. The zero-order chi connectivity index (χ0) is 14.4. The zero-order valence-corrected chi connectivity index (χ0v) is 13.0. The summed E-state index contributed by atoms with van der Waals surface area (Å²) >= 11 is 0. The molecule has 0 fully saturated rings. The lowest BCUT2D eigenvalue weighted by Crippen LogP contribution is -2.33. The standard InChI is InChI=1S/C14H29N5/c1-6-9-19-14(13(15)12(4)17-19)16-8-10-18(5)11(3)7-2/h11,16H,6-10,15H2,1-5H3. The first-order valence-electron chi connectivity index (χ1n) is 7.28. The number of hydrogen-bond acceptors (Lipinski definition) is 4. The predicted molar refractivity (Wildman–Crippen MR) is 82.5 cm³/mol. The quantitative estimate of drug-likeness (QED) is 0.759. The molecule has 0 aliphatic rings. The zero-order valence-electron chi connectivity index (χ0n) is 13.0. The van der Waals surface area contributed by atoms with Gasteiger partial charge in [-0.05, 0) is 33.7 Å². The molecule has 0 saturated carbocycles. The fraction of sp³-hybridized carbons (Fsp3) is 0.786. The molecule has 0 aliphatic heterocycles. The molecule has 1 aromatic rings. The van der Waals surface area contributed by atoms with Crippen LogP contribution in [0.2, 0.25) is 0 Å². The number of rotatable bonds is 8. The highest BCUT2D eigenvalue weighted by molar-refractivity contribution is 5.64. The van der Waals surface area contributed by atoms with Crippen LogP contribution in [0.25, 0.3) is 0 Å². The van der Waals surface area contributed by atoms with E-state index in [0.29, 0.717) is 6.04 Å². The van der Waals surface area contributed by atoms with E-state index in [1.165, 1.54) is 6.42 Å². The van der Waals surface area contributed by atoms with Crippen molar-refractivity contribution >= 4 is 11.5 Å². The Morgan fingerprint density at radius 1 is 1.42 bits per heavy atom. The van der Waals surface area contributed by atoms with Gasteiger partial charge in [0.05, 0.1) is 11.4 Å². The summed E-state index contributed by atoms with van der Waals surface area (Å²) in [6.45, 7) is 11.4. The van der Waals surface area contributed by atoms with Crippen molar-refractivity contribution in [2.45, 2.75) is 53.1 Å². The maximum Gasteiger partial charge on any atom is 0.148 e. The number of anilines is 2. The van der Waals surface area contributed by atoms with Gasteiger partial charge in [-0.25, -0.2) is 4.68 Å². The second-order valence-electron chi connectivity index (χ2n) is 5.24. The molecule has 3 N–H and O–H groups in total. The lowest BCUT2D eigenvalue weighted by Gasteiger charge is -2.23. The van der Waals surface area contributed by atoms with Gasteiger partial charge in [0.15, 0.2) is 0 Å². The molecule has 5 heteroatoms. The molecular weight excluding hydrogens is 238 g/mol. The van der Waals surface area contributed by atoms with E-state index >= 15 is 0 Å². The normalized spacial score (nSPS) is 12.9. The molecule has 0 spiro atoms. The highest BCUT2D eigenvalue weighted by atomic mass is 15.3. The molecule has 110 valence electrons. The first-order valence-corrected chi connectivity index (χ1v) is 7.28. The summed E-state index contributed by atoms with van der Waals surface area (Å²) in [4.78, 5) is 2.36. The van der Waals surface area contributed by atoms with E-state index in [2.05, 4.69) is 43.1 Å². The van der Waals surface area contributed by atoms with E-state index < -0.39 is 0 Å². The van der Waals surface area contributed by atoms with Gasteiger partial charge in [-0.2, -0.15) is 5.10 Å². The molecule has 1 atom stereocenters. The average molecular weight is 267 g/mol. The van der Waals surface area contributed by atoms with E-state index in [9.17, 15) is 0 Å². The highest BCUT2D eigenvalue weighted by Crippen LogP contribution is 2.22. The molecule has 1 rings (SSSR count). The molecule has 0 radical (unpaired) electrons. The number of likely N-dealkylation sites (N-methyl/N-ethyl adjacent to an activating group) is 1. The third-order valence-corrected chi connectivity index (χ3v) is 3.71. The monoisotopic (exact) mass is 267 g/mol. The van der Waals surface area contributed by atoms with Crippen LogP contribution in [-0.4, -0.2) is 40.9 Å². The van der Waals surface area contributed by atoms with Gasteiger partial charge < -0.3 is 16.0 Å². The maximum absolute atomic E-state index is 6.08. The Kier molecular flexibility index (Phi) is 6.15. The van der Waals surface area contributed by atoms with Crippen LogP contribution in [0.15, 0.2) is 0 Å². The SMILES string of the molecule is CCCn1nc(C)c(N)c1NCCN(C)C(C)CC. The van der Waals surface area contributed by atoms with Crippen molar-refractivity contribution in [2.24, 2.45) is 0 Å². The summed E-state index contributed by atoms with van der Waals surface area (Å²) in [5, 5.41) is 7.90. The molecule has 1 heterocycles. The molecule has 19 heavy (non-hydrogen) atoms. The number of nitrogens with zero attached hydrogens (tertiary/aromatic N) is 3. The van der Waals surface area contributed by atoms with Crippen molar-refractivity contribution in [1.82, 2.24) is 14.7 Å². The number of nitrogens with one attached hydrogen (secondary N) is 1. The Bertz CT molecular complexity index is 385. The van der Waals surface area contributed by atoms with E-state index in [1.807, 2.05) is 11.6 Å². The number of aromatic nitrogens is 2. The van der Waals surface area contributed by atoms with Crippen LogP contribution < -0.4 is 11.1 Å². The number of aryl methyl sites for hydroxylation is 2. The molecule has 0 amide bonds. The first-order chi connectivity index (χ1) is 9.01. The summed E-state index contributed by atoms with van der Waals surface area (Å²) in [5.41, 5.74) is 7.76. The van der Waals surface area contributed by atoms with Crippen molar-refractivity contribution in [3.8, 4) is 0 Å². The number of nitrogens with two attached hydrogens (primary N) is 1. The Hall–Kier alpha value is -1.23. The molecule has 5 nitrogen and oxygen atoms in total. The van der Waals surface area contributed by atoms with Gasteiger partial charge in [0.1, 0.15) is 5.82 Å². The number of nitrogen functional groups attached to an aromatic ring is 1. The van der Waals surface area contributed by atoms with Gasteiger partial charge in [-0.15, -0.1) is 0 Å². The van der Waals surface area contributed by atoms with Crippen LogP contribution in [0.1, 0.15) is 39.3 Å². The minimum atomic E-state index is 0.612. The van der Waals surface area contributed by atoms with E-state index in [-0.39, 0.29) is 0 Å². The van der Waals surface area contributed by atoms with Gasteiger partial charge >= 0.3 is 0 Å². The molecule has 0 saturated heterocycles. The van der Waals surface area contributed by atoms with Crippen LogP contribution in [0, 0.1) is 6.92 Å². The van der Waals surface area contributed by atoms with Gasteiger partial charge in [-0.3, -0.25) is 0 Å². The minimum absolute atomic E-state index is 0.612. The van der Waals surface area contributed by atoms with Gasteiger partial charge in [0.25, 0.3) is 0 Å². The van der Waals surface area contributed by atoms with Crippen LogP contribution in [0.4, 0.5) is 11.5 Å². The van der Waals surface area contributed by atoms with Crippen LogP contribution in [-0.2, 0) is 6.54 Å². The van der Waals surface area contributed by atoms with Crippen molar-refractivity contribution in [3.05, 3.63) is 5.69 Å². The molecule has 0 bridgehead atoms. The van der Waals surface area contributed by atoms with Crippen LogP contribution in [0.3, 0.4) is 0 Å². The lowest BCUT2D eigenvalue weighted by molar-refractivity contribution is 0.261. The van der Waals surface area contributed by atoms with Gasteiger partial charge in [-0.1, -0.05) is 13.8 Å². The first kappa shape index (κ1) is 15.8. The Labute approximate surface area is 117 Å². The summed E-state index contributed by atoms with van der Waals surface area (Å²) in [5.74, 6) is 0.969. The van der Waals surface area contributed by atoms with Crippen molar-refractivity contribution < 1.29 is 0 Å². The second-order valence-corrected chi connectivity index (χ2v) is 5.24. The fourth-order valence-electron chi connectivity index (χ4n) is 2.04. The van der Waals surface area contributed by atoms with Crippen molar-refractivity contribution in [2.75, 3.05) is 31.2 Å². The molecule has 0 aliphatic carbocycles. The smallest absolute Gasteiger partial charge is 0.148 e. The fourth-order valence-corrected chi connectivity index (χ4v) is 2.04. The van der Waals surface area contributed by atoms with Crippen LogP contribution >= 0.6 is 0 Å². The minimum Gasteiger partial charge on any atom is -0.394 e. The summed E-state index contributed by atoms with van der Waals surface area (Å²) in [6, 6.07) is 0.612. The average Bonchev–Trinajstić information content (AvgIpc) is 2.65. The lowest BCUT2D eigenvalue weighted by atomic mass is 10.2. The van der Waals surface area contributed by atoms with Gasteiger partial charge in [0, 0.05) is 25.7 Å². The van der Waals surface area contributed by atoms with E-state index in [1.54, 1.807) is 0 Å². The summed E-state index contributed by atoms with van der Waals surface area (Å²) < 4.78 is 1.98. The second kappa shape index (κ2) is 7.38. The topological polar surface area (TPSA) is 59.1 Å². The Morgan fingerprint density at radius 2 is 2.11 bits per heavy atom. The molecule has 1 unspecified atom stereocenters. The third-order valence-electron chi connectivity index (χ3n) is 3.71. The molecular formula is C14H29N5. The molecule has 1 aromatic heterocycles. The predicted octanol–water partition coefficient (Wildman–Crippen LogP) is 2.33.